The van der Waals surface area contributed by atoms with Crippen LogP contribution in [0.1, 0.15) is 24.2 Å². The summed E-state index contributed by atoms with van der Waals surface area (Å²) in [5.74, 6) is -0.326. The molecule has 0 fully saturated rings. The number of carbonyl (C=O) groups is 1. The number of hydrogen-bond donors (Lipinski definition) is 5. The molecule has 1 rings (SSSR count). The van der Waals surface area contributed by atoms with Gasteiger partial charge in [-0.3, -0.25) is 4.79 Å². The van der Waals surface area contributed by atoms with E-state index in [2.05, 4.69) is 10.5 Å². The number of rotatable bonds is 5. The Kier molecular flexibility index (Phi) is 5.28. The summed E-state index contributed by atoms with van der Waals surface area (Å²) in [6, 6.07) is 6.21. The maximum absolute atomic E-state index is 10.7. The lowest BCUT2D eigenvalue weighted by molar-refractivity contribution is -0.119. The molecule has 0 saturated carbocycles. The van der Waals surface area contributed by atoms with Crippen LogP contribution in [0.5, 0.6) is 0 Å². The fraction of sp³-hybridized carbons (Fsp3) is 0.333. The Bertz CT molecular complexity index is 459. The number of nitrogens with zero attached hydrogens (tertiary/aromatic N) is 1. The second-order valence-corrected chi connectivity index (χ2v) is 4.06. The molecule has 0 saturated heterocycles. The van der Waals surface area contributed by atoms with Crippen molar-refractivity contribution in [2.45, 2.75) is 19.1 Å². The molecule has 0 aliphatic carbocycles. The molecular weight excluding hydrogens is 250 g/mol. The number of nitrogens with two attached hydrogens (primary N) is 1. The Labute approximate surface area is 110 Å². The van der Waals surface area contributed by atoms with Crippen LogP contribution in [0.15, 0.2) is 29.4 Å². The first-order chi connectivity index (χ1) is 8.95. The molecule has 1 aromatic rings. The van der Waals surface area contributed by atoms with Crippen LogP contribution >= 0.6 is 0 Å². The number of aliphatic hydroxyl groups excluding tert-OH is 2. The van der Waals surface area contributed by atoms with Crippen molar-refractivity contribution in [3.8, 4) is 0 Å². The molecule has 0 aliphatic rings. The van der Waals surface area contributed by atoms with Gasteiger partial charge in [-0.2, -0.15) is 0 Å². The highest BCUT2D eigenvalue weighted by atomic mass is 16.4. The van der Waals surface area contributed by atoms with Crippen LogP contribution in [0.3, 0.4) is 0 Å². The molecule has 0 bridgehead atoms. The standard InChI is InChI=1S/C12H17N3O4/c1-7(16)14-6-10(17)11(18)8-2-4-9(5-3-8)12(13)15-19/h2-5,10-11,17-19H,6H2,1H3,(H2,13,15)(H,14,16). The highest BCUT2D eigenvalue weighted by Gasteiger charge is 2.18. The summed E-state index contributed by atoms with van der Waals surface area (Å²) in [7, 11) is 0. The van der Waals surface area contributed by atoms with Gasteiger partial charge in [0.25, 0.3) is 0 Å². The molecule has 0 aromatic heterocycles. The van der Waals surface area contributed by atoms with Crippen LogP contribution in [0.4, 0.5) is 0 Å². The van der Waals surface area contributed by atoms with Gasteiger partial charge >= 0.3 is 0 Å². The minimum Gasteiger partial charge on any atom is -0.409 e. The Morgan fingerprint density at radius 1 is 1.37 bits per heavy atom. The number of aliphatic hydroxyl groups is 2. The van der Waals surface area contributed by atoms with Gasteiger partial charge in [-0.1, -0.05) is 29.4 Å². The van der Waals surface area contributed by atoms with Crippen LogP contribution < -0.4 is 11.1 Å². The number of nitrogens with one attached hydrogen (secondary N) is 1. The molecule has 0 spiro atoms. The Morgan fingerprint density at radius 3 is 2.42 bits per heavy atom. The van der Waals surface area contributed by atoms with E-state index in [0.29, 0.717) is 11.1 Å². The summed E-state index contributed by atoms with van der Waals surface area (Å²) in [5, 5.41) is 33.3. The van der Waals surface area contributed by atoms with Gasteiger partial charge < -0.3 is 26.5 Å². The second kappa shape index (κ2) is 6.72. The van der Waals surface area contributed by atoms with Gasteiger partial charge in [0.1, 0.15) is 12.2 Å². The van der Waals surface area contributed by atoms with Gasteiger partial charge in [0, 0.05) is 19.0 Å². The third kappa shape index (κ3) is 4.23. The average molecular weight is 267 g/mol. The summed E-state index contributed by atoms with van der Waals surface area (Å²) in [4.78, 5) is 10.7. The fourth-order valence-corrected chi connectivity index (χ4v) is 1.49. The smallest absolute Gasteiger partial charge is 0.216 e. The lowest BCUT2D eigenvalue weighted by Gasteiger charge is -2.18. The number of amidine groups is 1. The van der Waals surface area contributed by atoms with Crippen molar-refractivity contribution in [1.29, 1.82) is 0 Å². The normalized spacial score (nSPS) is 14.8. The average Bonchev–Trinajstić information content (AvgIpc) is 2.43. The summed E-state index contributed by atoms with van der Waals surface area (Å²) < 4.78 is 0. The van der Waals surface area contributed by atoms with Crippen molar-refractivity contribution in [2.75, 3.05) is 6.54 Å². The molecule has 0 radical (unpaired) electrons. The predicted octanol–water partition coefficient (Wildman–Crippen LogP) is -0.688. The molecule has 2 atom stereocenters. The zero-order valence-electron chi connectivity index (χ0n) is 10.4. The molecule has 6 N–H and O–H groups in total. The summed E-state index contributed by atoms with van der Waals surface area (Å²) in [6.45, 7) is 1.28. The van der Waals surface area contributed by atoms with Crippen LogP contribution in [0, 0.1) is 0 Å². The first-order valence-corrected chi connectivity index (χ1v) is 5.64. The van der Waals surface area contributed by atoms with E-state index < -0.39 is 12.2 Å². The van der Waals surface area contributed by atoms with Crippen molar-refractivity contribution >= 4 is 11.7 Å². The second-order valence-electron chi connectivity index (χ2n) is 4.06. The highest BCUT2D eigenvalue weighted by molar-refractivity contribution is 5.96. The fourth-order valence-electron chi connectivity index (χ4n) is 1.49. The van der Waals surface area contributed by atoms with E-state index in [9.17, 15) is 15.0 Å². The molecule has 1 amide bonds. The molecule has 0 heterocycles. The van der Waals surface area contributed by atoms with Crippen molar-refractivity contribution in [3.63, 3.8) is 0 Å². The van der Waals surface area contributed by atoms with E-state index in [1.165, 1.54) is 6.92 Å². The number of amides is 1. The summed E-state index contributed by atoms with van der Waals surface area (Å²) >= 11 is 0. The van der Waals surface area contributed by atoms with Gasteiger partial charge in [-0.05, 0) is 5.56 Å². The van der Waals surface area contributed by atoms with Crippen molar-refractivity contribution < 1.29 is 20.2 Å². The largest absolute Gasteiger partial charge is 0.409 e. The first kappa shape index (κ1) is 14.9. The van der Waals surface area contributed by atoms with E-state index >= 15 is 0 Å². The molecule has 0 aliphatic heterocycles. The van der Waals surface area contributed by atoms with E-state index in [1.807, 2.05) is 0 Å². The number of benzene rings is 1. The van der Waals surface area contributed by atoms with Gasteiger partial charge in [0.05, 0.1) is 0 Å². The number of oxime groups is 1. The Hall–Kier alpha value is -2.12. The van der Waals surface area contributed by atoms with Crippen molar-refractivity contribution in [1.82, 2.24) is 5.32 Å². The summed E-state index contributed by atoms with van der Waals surface area (Å²) in [6.07, 6.45) is -2.24. The highest BCUT2D eigenvalue weighted by Crippen LogP contribution is 2.17. The maximum atomic E-state index is 10.7. The van der Waals surface area contributed by atoms with E-state index in [4.69, 9.17) is 10.9 Å². The number of hydrogen-bond acceptors (Lipinski definition) is 5. The molecule has 19 heavy (non-hydrogen) atoms. The quantitative estimate of drug-likeness (QED) is 0.209. The third-order valence-electron chi connectivity index (χ3n) is 2.58. The minimum atomic E-state index is -1.13. The zero-order valence-corrected chi connectivity index (χ0v) is 10.4. The van der Waals surface area contributed by atoms with E-state index in [1.54, 1.807) is 24.3 Å². The Balaban J connectivity index is 2.72. The maximum Gasteiger partial charge on any atom is 0.216 e. The van der Waals surface area contributed by atoms with E-state index in [0.717, 1.165) is 0 Å². The van der Waals surface area contributed by atoms with Crippen LogP contribution in [0.25, 0.3) is 0 Å². The van der Waals surface area contributed by atoms with E-state index in [-0.39, 0.29) is 18.3 Å². The molecule has 1 aromatic carbocycles. The Morgan fingerprint density at radius 2 is 1.95 bits per heavy atom. The van der Waals surface area contributed by atoms with Crippen molar-refractivity contribution in [2.24, 2.45) is 10.9 Å². The van der Waals surface area contributed by atoms with Crippen LogP contribution in [-0.4, -0.2) is 39.8 Å². The zero-order chi connectivity index (χ0) is 14.4. The molecule has 104 valence electrons. The topological polar surface area (TPSA) is 128 Å². The van der Waals surface area contributed by atoms with Gasteiger partial charge in [0.2, 0.25) is 5.91 Å². The predicted molar refractivity (Wildman–Crippen MR) is 68.6 cm³/mol. The third-order valence-corrected chi connectivity index (χ3v) is 2.58. The SMILES string of the molecule is CC(=O)NCC(O)C(O)c1ccc(C(N)=NO)cc1. The van der Waals surface area contributed by atoms with Crippen LogP contribution in [0.2, 0.25) is 0 Å². The van der Waals surface area contributed by atoms with Gasteiger partial charge in [0.15, 0.2) is 5.84 Å². The molecule has 7 heteroatoms. The van der Waals surface area contributed by atoms with Gasteiger partial charge in [-0.25, -0.2) is 0 Å². The molecular formula is C12H17N3O4. The monoisotopic (exact) mass is 267 g/mol. The first-order valence-electron chi connectivity index (χ1n) is 5.64. The number of carbonyl (C=O) groups excluding carboxylic acids is 1. The van der Waals surface area contributed by atoms with Crippen LogP contribution in [-0.2, 0) is 4.79 Å². The molecule has 7 nitrogen and oxygen atoms in total. The lowest BCUT2D eigenvalue weighted by Crippen LogP contribution is -2.34. The lowest BCUT2D eigenvalue weighted by atomic mass is 10.0. The van der Waals surface area contributed by atoms with Crippen molar-refractivity contribution in [3.05, 3.63) is 35.4 Å². The van der Waals surface area contributed by atoms with Gasteiger partial charge in [-0.15, -0.1) is 0 Å². The summed E-state index contributed by atoms with van der Waals surface area (Å²) in [5.41, 5.74) is 6.36. The minimum absolute atomic E-state index is 0.0418. The molecule has 2 unspecified atom stereocenters.